The van der Waals surface area contributed by atoms with E-state index in [-0.39, 0.29) is 5.91 Å². The molecule has 1 aromatic carbocycles. The van der Waals surface area contributed by atoms with E-state index in [2.05, 4.69) is 20.8 Å². The molecule has 0 saturated heterocycles. The summed E-state index contributed by atoms with van der Waals surface area (Å²) in [6.07, 6.45) is 1.82. The highest BCUT2D eigenvalue weighted by Crippen LogP contribution is 2.20. The summed E-state index contributed by atoms with van der Waals surface area (Å²) in [5.41, 5.74) is 1.28. The number of carbonyl (C=O) groups is 1. The Morgan fingerprint density at radius 2 is 2.30 bits per heavy atom. The van der Waals surface area contributed by atoms with Crippen molar-refractivity contribution < 1.29 is 9.32 Å². The van der Waals surface area contributed by atoms with Gasteiger partial charge in [0.2, 0.25) is 5.89 Å². The monoisotopic (exact) mass is 294 g/mol. The molecule has 2 aromatic rings. The van der Waals surface area contributed by atoms with E-state index >= 15 is 0 Å². The molecule has 0 bridgehead atoms. The smallest absolute Gasteiger partial charge is 0.253 e. The van der Waals surface area contributed by atoms with E-state index < -0.39 is 0 Å². The lowest BCUT2D eigenvalue weighted by atomic mass is 10.1. The minimum Gasteiger partial charge on any atom is -0.385 e. The minimum atomic E-state index is -0.192. The average Bonchev–Trinajstić information content (AvgIpc) is 2.94. The molecule has 20 heavy (non-hydrogen) atoms. The van der Waals surface area contributed by atoms with Crippen molar-refractivity contribution in [3.63, 3.8) is 0 Å². The number of anilines is 1. The van der Waals surface area contributed by atoms with Gasteiger partial charge in [-0.15, -0.1) is 0 Å². The second kappa shape index (κ2) is 6.91. The second-order valence-corrected chi connectivity index (χ2v) is 4.50. The molecule has 0 aliphatic carbocycles. The lowest BCUT2D eigenvalue weighted by Crippen LogP contribution is -2.26. The summed E-state index contributed by atoms with van der Waals surface area (Å²) >= 11 is 5.94. The van der Waals surface area contributed by atoms with Crippen LogP contribution in [0, 0.1) is 0 Å². The van der Waals surface area contributed by atoms with Crippen molar-refractivity contribution in [1.29, 1.82) is 0 Å². The van der Waals surface area contributed by atoms with Gasteiger partial charge < -0.3 is 15.2 Å². The van der Waals surface area contributed by atoms with E-state index in [1.807, 2.05) is 6.92 Å². The predicted molar refractivity (Wildman–Crippen MR) is 76.0 cm³/mol. The third-order valence-electron chi connectivity index (χ3n) is 2.62. The van der Waals surface area contributed by atoms with Crippen LogP contribution in [0.5, 0.6) is 0 Å². The van der Waals surface area contributed by atoms with Gasteiger partial charge in [-0.2, -0.15) is 4.98 Å². The molecule has 106 valence electrons. The Hall–Kier alpha value is -2.08. The van der Waals surface area contributed by atoms with E-state index in [0.717, 1.165) is 12.2 Å². The van der Waals surface area contributed by atoms with Gasteiger partial charge in [0.1, 0.15) is 0 Å². The molecule has 1 aromatic heterocycles. The topological polar surface area (TPSA) is 80.0 Å². The maximum Gasteiger partial charge on any atom is 0.253 e. The molecular weight excluding hydrogens is 280 g/mol. The Bertz CT molecular complexity index is 572. The Morgan fingerprint density at radius 3 is 3.00 bits per heavy atom. The summed E-state index contributed by atoms with van der Waals surface area (Å²) in [6, 6.07) is 5.18. The van der Waals surface area contributed by atoms with Crippen molar-refractivity contribution in [2.75, 3.05) is 18.4 Å². The first-order chi connectivity index (χ1) is 9.70. The number of rotatable bonds is 6. The highest BCUT2D eigenvalue weighted by molar-refractivity contribution is 6.31. The molecule has 0 saturated carbocycles. The second-order valence-electron chi connectivity index (χ2n) is 4.06. The van der Waals surface area contributed by atoms with Gasteiger partial charge in [-0.05, 0) is 25.1 Å². The normalized spacial score (nSPS) is 10.3. The first kappa shape index (κ1) is 14.3. The molecule has 1 heterocycles. The van der Waals surface area contributed by atoms with Gasteiger partial charge in [0.15, 0.2) is 6.33 Å². The van der Waals surface area contributed by atoms with Gasteiger partial charge in [0, 0.05) is 30.2 Å². The van der Waals surface area contributed by atoms with Crippen molar-refractivity contribution in [2.45, 2.75) is 13.3 Å². The molecule has 0 atom stereocenters. The Kier molecular flexibility index (Phi) is 4.95. The zero-order valence-corrected chi connectivity index (χ0v) is 11.8. The molecule has 2 N–H and O–H groups in total. The van der Waals surface area contributed by atoms with Gasteiger partial charge in [0.25, 0.3) is 5.91 Å². The number of nitrogens with one attached hydrogen (secondary N) is 2. The fourth-order valence-electron chi connectivity index (χ4n) is 1.73. The molecule has 6 nitrogen and oxygen atoms in total. The lowest BCUT2D eigenvalue weighted by molar-refractivity contribution is 0.0954. The predicted octanol–water partition coefficient (Wildman–Crippen LogP) is 2.13. The maximum absolute atomic E-state index is 12.1. The first-order valence-electron chi connectivity index (χ1n) is 6.28. The summed E-state index contributed by atoms with van der Waals surface area (Å²) in [5, 5.41) is 9.95. The van der Waals surface area contributed by atoms with Crippen LogP contribution in [0.15, 0.2) is 29.0 Å². The lowest BCUT2D eigenvalue weighted by Gasteiger charge is -2.11. The highest BCUT2D eigenvalue weighted by atomic mass is 35.5. The summed E-state index contributed by atoms with van der Waals surface area (Å²) < 4.78 is 4.86. The minimum absolute atomic E-state index is 0.192. The van der Waals surface area contributed by atoms with Crippen molar-refractivity contribution in [1.82, 2.24) is 15.5 Å². The summed E-state index contributed by atoms with van der Waals surface area (Å²) in [5.74, 6) is 0.297. The Labute approximate surface area is 121 Å². The van der Waals surface area contributed by atoms with E-state index in [0.29, 0.717) is 29.4 Å². The quantitative estimate of drug-likeness (QED) is 0.853. The number of nitrogens with zero attached hydrogens (tertiary/aromatic N) is 2. The Morgan fingerprint density at radius 1 is 1.45 bits per heavy atom. The van der Waals surface area contributed by atoms with Crippen LogP contribution in [0.3, 0.4) is 0 Å². The molecule has 0 aliphatic rings. The van der Waals surface area contributed by atoms with E-state index in [1.54, 1.807) is 18.2 Å². The highest BCUT2D eigenvalue weighted by Gasteiger charge is 2.12. The van der Waals surface area contributed by atoms with Gasteiger partial charge >= 0.3 is 0 Å². The number of hydrogen-bond donors (Lipinski definition) is 2. The van der Waals surface area contributed by atoms with Crippen LogP contribution in [-0.2, 0) is 6.42 Å². The van der Waals surface area contributed by atoms with E-state index in [4.69, 9.17) is 16.1 Å². The standard InChI is InChI=1S/C13H15ClN4O2/c1-2-15-11-4-3-9(14)7-10(11)13(19)16-6-5-12-17-8-18-20-12/h3-4,7-8,15H,2,5-6H2,1H3,(H,16,19). The molecule has 1 amide bonds. The van der Waals surface area contributed by atoms with E-state index in [1.165, 1.54) is 6.33 Å². The number of carbonyl (C=O) groups excluding carboxylic acids is 1. The van der Waals surface area contributed by atoms with E-state index in [9.17, 15) is 4.79 Å². The van der Waals surface area contributed by atoms with Crippen LogP contribution >= 0.6 is 11.6 Å². The summed E-state index contributed by atoms with van der Waals surface area (Å²) in [7, 11) is 0. The molecule has 0 aliphatic heterocycles. The van der Waals surface area contributed by atoms with Gasteiger partial charge in [-0.3, -0.25) is 4.79 Å². The van der Waals surface area contributed by atoms with Gasteiger partial charge in [0.05, 0.1) is 5.56 Å². The van der Waals surface area contributed by atoms with Crippen molar-refractivity contribution >= 4 is 23.2 Å². The Balaban J connectivity index is 1.99. The van der Waals surface area contributed by atoms with Crippen molar-refractivity contribution in [2.24, 2.45) is 0 Å². The molecule has 0 radical (unpaired) electrons. The number of amides is 1. The zero-order valence-electron chi connectivity index (χ0n) is 11.0. The van der Waals surface area contributed by atoms with Crippen LogP contribution in [0.1, 0.15) is 23.2 Å². The summed E-state index contributed by atoms with van der Waals surface area (Å²) in [6.45, 7) is 3.11. The zero-order chi connectivity index (χ0) is 14.4. The fraction of sp³-hybridized carbons (Fsp3) is 0.308. The van der Waals surface area contributed by atoms with Crippen LogP contribution < -0.4 is 10.6 Å². The number of halogens is 1. The van der Waals surface area contributed by atoms with Crippen molar-refractivity contribution in [3.8, 4) is 0 Å². The molecule has 2 rings (SSSR count). The largest absolute Gasteiger partial charge is 0.385 e. The first-order valence-corrected chi connectivity index (χ1v) is 6.65. The molecular formula is C13H15ClN4O2. The van der Waals surface area contributed by atoms with Crippen LogP contribution in [-0.4, -0.2) is 29.1 Å². The number of hydrogen-bond acceptors (Lipinski definition) is 5. The third kappa shape index (κ3) is 3.71. The van der Waals surface area contributed by atoms with Crippen LogP contribution in [0.25, 0.3) is 0 Å². The summed E-state index contributed by atoms with van der Waals surface area (Å²) in [4.78, 5) is 16.0. The molecule has 0 unspecified atom stereocenters. The molecule has 0 fully saturated rings. The number of benzene rings is 1. The molecule has 7 heteroatoms. The van der Waals surface area contributed by atoms with Crippen LogP contribution in [0.4, 0.5) is 5.69 Å². The average molecular weight is 295 g/mol. The van der Waals surface area contributed by atoms with Crippen LogP contribution in [0.2, 0.25) is 5.02 Å². The molecule has 0 spiro atoms. The third-order valence-corrected chi connectivity index (χ3v) is 2.86. The fourth-order valence-corrected chi connectivity index (χ4v) is 1.91. The maximum atomic E-state index is 12.1. The van der Waals surface area contributed by atoms with Gasteiger partial charge in [-0.1, -0.05) is 16.8 Å². The van der Waals surface area contributed by atoms with Crippen molar-refractivity contribution in [3.05, 3.63) is 41.0 Å². The van der Waals surface area contributed by atoms with Gasteiger partial charge in [-0.25, -0.2) is 0 Å². The number of aromatic nitrogens is 2. The SMILES string of the molecule is CCNc1ccc(Cl)cc1C(=O)NCCc1ncno1.